The highest BCUT2D eigenvalue weighted by molar-refractivity contribution is 14.1. The van der Waals surface area contributed by atoms with E-state index in [1.165, 1.54) is 0 Å². The molecule has 1 heterocycles. The summed E-state index contributed by atoms with van der Waals surface area (Å²) in [4.78, 5) is 0.163. The predicted molar refractivity (Wildman–Crippen MR) is 96.2 cm³/mol. The standard InChI is InChI=1S/C16H21IO5S/c1-13-6-8-14(9-7-13)23(18,19)22-12-3-2-10-20-16-15(17)5-4-11-21-16/h2-3,6-9,15-16H,4-5,10-12H2,1H3/b3-2+/t15-,16-/m1/s1. The molecular formula is C16H21IO5S. The Labute approximate surface area is 151 Å². The first-order valence-electron chi connectivity index (χ1n) is 7.47. The number of benzene rings is 1. The van der Waals surface area contributed by atoms with Crippen LogP contribution in [-0.4, -0.2) is 38.5 Å². The zero-order valence-electron chi connectivity index (χ0n) is 13.0. The van der Waals surface area contributed by atoms with Crippen LogP contribution < -0.4 is 0 Å². The van der Waals surface area contributed by atoms with E-state index in [0.29, 0.717) is 10.5 Å². The monoisotopic (exact) mass is 452 g/mol. The SMILES string of the molecule is Cc1ccc(S(=O)(=O)OC/C=C/CO[C@@H]2OCCC[C@H]2I)cc1. The average molecular weight is 452 g/mol. The lowest BCUT2D eigenvalue weighted by atomic mass is 10.2. The van der Waals surface area contributed by atoms with Gasteiger partial charge in [0.25, 0.3) is 10.1 Å². The molecule has 2 atom stereocenters. The molecule has 1 fully saturated rings. The average Bonchev–Trinajstić information content (AvgIpc) is 2.52. The highest BCUT2D eigenvalue weighted by Crippen LogP contribution is 2.22. The minimum absolute atomic E-state index is 0.0151. The van der Waals surface area contributed by atoms with Gasteiger partial charge in [-0.3, -0.25) is 4.18 Å². The number of ether oxygens (including phenoxy) is 2. The maximum atomic E-state index is 12.0. The van der Waals surface area contributed by atoms with E-state index in [9.17, 15) is 8.42 Å². The van der Waals surface area contributed by atoms with Gasteiger partial charge in [-0.15, -0.1) is 0 Å². The molecule has 128 valence electrons. The Kier molecular flexibility index (Phi) is 7.48. The van der Waals surface area contributed by atoms with E-state index in [0.717, 1.165) is 25.0 Å². The van der Waals surface area contributed by atoms with Crippen LogP contribution in [0.3, 0.4) is 0 Å². The lowest BCUT2D eigenvalue weighted by Crippen LogP contribution is -2.32. The van der Waals surface area contributed by atoms with Crippen molar-refractivity contribution in [2.45, 2.75) is 34.9 Å². The highest BCUT2D eigenvalue weighted by atomic mass is 127. The van der Waals surface area contributed by atoms with Crippen LogP contribution in [0, 0.1) is 6.92 Å². The second-order valence-electron chi connectivity index (χ2n) is 5.25. The molecule has 0 unspecified atom stereocenters. The Balaban J connectivity index is 1.72. The molecule has 1 aliphatic heterocycles. The first-order chi connectivity index (χ1) is 11.0. The predicted octanol–water partition coefficient (Wildman–Crippen LogP) is 3.21. The van der Waals surface area contributed by atoms with Gasteiger partial charge in [0.15, 0.2) is 6.29 Å². The molecule has 0 bridgehead atoms. The van der Waals surface area contributed by atoms with Crippen LogP contribution in [0.1, 0.15) is 18.4 Å². The molecule has 2 rings (SSSR count). The van der Waals surface area contributed by atoms with Crippen molar-refractivity contribution in [2.24, 2.45) is 0 Å². The Hall–Kier alpha value is -0.480. The minimum Gasteiger partial charge on any atom is -0.352 e. The van der Waals surface area contributed by atoms with Crippen LogP contribution in [0.2, 0.25) is 0 Å². The van der Waals surface area contributed by atoms with Crippen molar-refractivity contribution >= 4 is 32.7 Å². The van der Waals surface area contributed by atoms with Crippen molar-refractivity contribution in [3.63, 3.8) is 0 Å². The maximum Gasteiger partial charge on any atom is 0.297 e. The molecule has 0 aromatic heterocycles. The van der Waals surface area contributed by atoms with Crippen molar-refractivity contribution in [1.82, 2.24) is 0 Å². The second-order valence-corrected chi connectivity index (χ2v) is 8.47. The molecule has 5 nitrogen and oxygen atoms in total. The fourth-order valence-electron chi connectivity index (χ4n) is 2.06. The molecule has 0 spiro atoms. The summed E-state index contributed by atoms with van der Waals surface area (Å²) < 4.78 is 40.4. The topological polar surface area (TPSA) is 61.8 Å². The molecule has 0 radical (unpaired) electrons. The van der Waals surface area contributed by atoms with Crippen molar-refractivity contribution in [1.29, 1.82) is 0 Å². The van der Waals surface area contributed by atoms with Crippen LogP contribution in [-0.2, 0) is 23.8 Å². The number of rotatable bonds is 7. The van der Waals surface area contributed by atoms with E-state index in [1.54, 1.807) is 36.4 Å². The zero-order chi connectivity index (χ0) is 16.7. The lowest BCUT2D eigenvalue weighted by Gasteiger charge is -2.27. The summed E-state index contributed by atoms with van der Waals surface area (Å²) in [6.45, 7) is 2.99. The number of halogens is 1. The largest absolute Gasteiger partial charge is 0.352 e. The first kappa shape index (κ1) is 18.9. The fraction of sp³-hybridized carbons (Fsp3) is 0.500. The molecule has 23 heavy (non-hydrogen) atoms. The van der Waals surface area contributed by atoms with Crippen LogP contribution in [0.5, 0.6) is 0 Å². The third-order valence-corrected chi connectivity index (χ3v) is 5.86. The third kappa shape index (κ3) is 6.15. The Bertz CT molecular complexity index is 612. The number of hydrogen-bond acceptors (Lipinski definition) is 5. The van der Waals surface area contributed by atoms with Crippen molar-refractivity contribution in [3.05, 3.63) is 42.0 Å². The molecule has 0 N–H and O–H groups in total. The molecule has 0 aliphatic carbocycles. The van der Waals surface area contributed by atoms with Gasteiger partial charge in [-0.05, 0) is 31.9 Å². The van der Waals surface area contributed by atoms with Gasteiger partial charge in [0.05, 0.1) is 22.0 Å². The number of alkyl halides is 1. The molecule has 1 aliphatic rings. The van der Waals surface area contributed by atoms with Crippen LogP contribution in [0.25, 0.3) is 0 Å². The quantitative estimate of drug-likeness (QED) is 0.275. The summed E-state index contributed by atoms with van der Waals surface area (Å²) in [5.74, 6) is 0. The van der Waals surface area contributed by atoms with Gasteiger partial charge in [-0.2, -0.15) is 8.42 Å². The van der Waals surface area contributed by atoms with Gasteiger partial charge in [0.1, 0.15) is 0 Å². The fourth-order valence-corrected chi connectivity index (χ4v) is 3.78. The minimum atomic E-state index is -3.71. The molecule has 0 amide bonds. The van der Waals surface area contributed by atoms with Gasteiger partial charge >= 0.3 is 0 Å². The maximum absolute atomic E-state index is 12.0. The number of aryl methyl sites for hydroxylation is 1. The van der Waals surface area contributed by atoms with Gasteiger partial charge in [0.2, 0.25) is 0 Å². The highest BCUT2D eigenvalue weighted by Gasteiger charge is 2.23. The van der Waals surface area contributed by atoms with E-state index >= 15 is 0 Å². The summed E-state index contributed by atoms with van der Waals surface area (Å²) in [6, 6.07) is 6.56. The Morgan fingerprint density at radius 2 is 1.96 bits per heavy atom. The second kappa shape index (κ2) is 9.12. The van der Waals surface area contributed by atoms with E-state index in [2.05, 4.69) is 22.6 Å². The summed E-state index contributed by atoms with van der Waals surface area (Å²) >= 11 is 2.33. The van der Waals surface area contributed by atoms with Crippen molar-refractivity contribution in [2.75, 3.05) is 19.8 Å². The van der Waals surface area contributed by atoms with Crippen molar-refractivity contribution < 1.29 is 22.1 Å². The zero-order valence-corrected chi connectivity index (χ0v) is 16.0. The van der Waals surface area contributed by atoms with E-state index < -0.39 is 10.1 Å². The van der Waals surface area contributed by atoms with Crippen molar-refractivity contribution in [3.8, 4) is 0 Å². The Morgan fingerprint density at radius 3 is 2.65 bits per heavy atom. The number of hydrogen-bond donors (Lipinski definition) is 0. The van der Waals surface area contributed by atoms with E-state index in [4.69, 9.17) is 13.7 Å². The summed E-state index contributed by atoms with van der Waals surface area (Å²) in [5.41, 5.74) is 1.000. The van der Waals surface area contributed by atoms with Gasteiger partial charge in [-0.25, -0.2) is 0 Å². The summed E-state index contributed by atoms with van der Waals surface area (Å²) in [6.07, 6.45) is 5.34. The van der Waals surface area contributed by atoms with E-state index in [1.807, 2.05) is 6.92 Å². The first-order valence-corrected chi connectivity index (χ1v) is 10.1. The molecule has 1 aromatic carbocycles. The van der Waals surface area contributed by atoms with Gasteiger partial charge < -0.3 is 9.47 Å². The van der Waals surface area contributed by atoms with Crippen LogP contribution in [0.4, 0.5) is 0 Å². The normalized spacial score (nSPS) is 22.5. The molecule has 0 saturated carbocycles. The van der Waals surface area contributed by atoms with E-state index in [-0.39, 0.29) is 17.8 Å². The molecule has 1 aromatic rings. The van der Waals surface area contributed by atoms with Crippen LogP contribution >= 0.6 is 22.6 Å². The lowest BCUT2D eigenvalue weighted by molar-refractivity contribution is -0.148. The van der Waals surface area contributed by atoms with Gasteiger partial charge in [-0.1, -0.05) is 52.4 Å². The molecular weight excluding hydrogens is 431 g/mol. The van der Waals surface area contributed by atoms with Gasteiger partial charge in [0, 0.05) is 6.61 Å². The third-order valence-electron chi connectivity index (χ3n) is 3.35. The van der Waals surface area contributed by atoms with Crippen LogP contribution in [0.15, 0.2) is 41.3 Å². The summed E-state index contributed by atoms with van der Waals surface area (Å²) in [7, 11) is -3.71. The smallest absolute Gasteiger partial charge is 0.297 e. The summed E-state index contributed by atoms with van der Waals surface area (Å²) in [5, 5.41) is 0. The Morgan fingerprint density at radius 1 is 1.26 bits per heavy atom. The molecule has 7 heteroatoms. The molecule has 1 saturated heterocycles.